The van der Waals surface area contributed by atoms with Gasteiger partial charge in [-0.05, 0) is 30.3 Å². The maximum absolute atomic E-state index is 12.6. The van der Waals surface area contributed by atoms with E-state index < -0.39 is 0 Å². The highest BCUT2D eigenvalue weighted by atomic mass is 35.5. The molecule has 8 heteroatoms. The van der Waals surface area contributed by atoms with Crippen LogP contribution in [0, 0.1) is 0 Å². The monoisotopic (exact) mass is 423 g/mol. The third-order valence-electron chi connectivity index (χ3n) is 5.01. The van der Waals surface area contributed by atoms with Crippen LogP contribution >= 0.6 is 11.6 Å². The van der Waals surface area contributed by atoms with Gasteiger partial charge in [-0.2, -0.15) is 0 Å². The summed E-state index contributed by atoms with van der Waals surface area (Å²) in [5, 5.41) is 3.25. The second kappa shape index (κ2) is 9.11. The van der Waals surface area contributed by atoms with Crippen molar-refractivity contribution in [1.29, 1.82) is 0 Å². The minimum absolute atomic E-state index is 0.0527. The van der Waals surface area contributed by atoms with E-state index >= 15 is 0 Å². The van der Waals surface area contributed by atoms with Crippen molar-refractivity contribution in [3.63, 3.8) is 0 Å². The van der Waals surface area contributed by atoms with Crippen LogP contribution in [0.25, 0.3) is 11.7 Å². The lowest BCUT2D eigenvalue weighted by Gasteiger charge is -2.33. The lowest BCUT2D eigenvalue weighted by Crippen LogP contribution is -2.50. The number of anilines is 1. The molecule has 0 radical (unpaired) electrons. The number of para-hydroxylation sites is 1. The normalized spacial score (nSPS) is 15.0. The van der Waals surface area contributed by atoms with Crippen molar-refractivity contribution in [2.75, 3.05) is 38.0 Å². The number of hydrogen-bond donors (Lipinski definition) is 1. The van der Waals surface area contributed by atoms with Crippen molar-refractivity contribution in [3.05, 3.63) is 71.7 Å². The highest BCUT2D eigenvalue weighted by Gasteiger charge is 2.21. The van der Waals surface area contributed by atoms with Crippen LogP contribution < -0.4 is 5.32 Å². The minimum Gasteiger partial charge on any atom is -0.337 e. The first-order chi connectivity index (χ1) is 14.6. The van der Waals surface area contributed by atoms with Crippen LogP contribution in [0.1, 0.15) is 5.69 Å². The maximum atomic E-state index is 12.6. The van der Waals surface area contributed by atoms with Gasteiger partial charge in [-0.3, -0.25) is 18.9 Å². The number of amides is 2. The van der Waals surface area contributed by atoms with Crippen LogP contribution in [-0.2, 0) is 9.59 Å². The van der Waals surface area contributed by atoms with Crippen LogP contribution in [-0.4, -0.2) is 63.7 Å². The van der Waals surface area contributed by atoms with Crippen molar-refractivity contribution in [2.24, 2.45) is 0 Å². The van der Waals surface area contributed by atoms with Crippen molar-refractivity contribution in [3.8, 4) is 0 Å². The summed E-state index contributed by atoms with van der Waals surface area (Å²) >= 11 is 6.21. The Labute approximate surface area is 179 Å². The molecule has 154 valence electrons. The molecule has 1 aliphatic rings. The van der Waals surface area contributed by atoms with E-state index in [1.54, 1.807) is 11.0 Å². The Morgan fingerprint density at radius 2 is 1.77 bits per heavy atom. The molecular formula is C22H22ClN5O2. The molecule has 30 heavy (non-hydrogen) atoms. The number of carbonyl (C=O) groups excluding carboxylic acids is 2. The topological polar surface area (TPSA) is 70.0 Å². The van der Waals surface area contributed by atoms with Crippen molar-refractivity contribution in [1.82, 2.24) is 19.2 Å². The number of hydrogen-bond acceptors (Lipinski definition) is 4. The fourth-order valence-electron chi connectivity index (χ4n) is 3.44. The molecule has 2 amide bonds. The zero-order valence-corrected chi connectivity index (χ0v) is 17.1. The van der Waals surface area contributed by atoms with Gasteiger partial charge < -0.3 is 10.2 Å². The number of pyridine rings is 1. The van der Waals surface area contributed by atoms with Gasteiger partial charge >= 0.3 is 0 Å². The number of fused-ring (bicyclic) bond motifs is 1. The van der Waals surface area contributed by atoms with Gasteiger partial charge in [0.05, 0.1) is 12.2 Å². The number of aromatic nitrogens is 2. The van der Waals surface area contributed by atoms with Gasteiger partial charge in [0.2, 0.25) is 11.8 Å². The van der Waals surface area contributed by atoms with Crippen molar-refractivity contribution in [2.45, 2.75) is 0 Å². The Kier molecular flexibility index (Phi) is 6.11. The molecule has 1 aliphatic heterocycles. The van der Waals surface area contributed by atoms with Crippen LogP contribution in [0.2, 0.25) is 5.15 Å². The Bertz CT molecular complexity index is 1070. The van der Waals surface area contributed by atoms with E-state index in [1.165, 1.54) is 6.08 Å². The lowest BCUT2D eigenvalue weighted by atomic mass is 10.2. The summed E-state index contributed by atoms with van der Waals surface area (Å²) in [7, 11) is 0. The van der Waals surface area contributed by atoms with Crippen LogP contribution in [0.3, 0.4) is 0 Å². The molecule has 7 nitrogen and oxygen atoms in total. The third kappa shape index (κ3) is 4.69. The first-order valence-corrected chi connectivity index (χ1v) is 10.1. The summed E-state index contributed by atoms with van der Waals surface area (Å²) in [6, 6.07) is 15.0. The Balaban J connectivity index is 1.29. The van der Waals surface area contributed by atoms with E-state index in [-0.39, 0.29) is 11.8 Å². The fourth-order valence-corrected chi connectivity index (χ4v) is 3.68. The van der Waals surface area contributed by atoms with Gasteiger partial charge in [0.25, 0.3) is 0 Å². The van der Waals surface area contributed by atoms with Crippen LogP contribution in [0.15, 0.2) is 60.8 Å². The SMILES string of the molecule is O=C(CN1CCN(C(=O)/C=C/c2c(Cl)nc3ccccn23)CC1)Nc1ccccc1. The maximum Gasteiger partial charge on any atom is 0.246 e. The largest absolute Gasteiger partial charge is 0.337 e. The van der Waals surface area contributed by atoms with Gasteiger partial charge in [-0.15, -0.1) is 0 Å². The molecule has 4 rings (SSSR count). The number of carbonyl (C=O) groups is 2. The summed E-state index contributed by atoms with van der Waals surface area (Å²) < 4.78 is 1.84. The molecule has 1 aromatic carbocycles. The van der Waals surface area contributed by atoms with Gasteiger partial charge in [-0.25, -0.2) is 4.98 Å². The molecule has 2 aromatic heterocycles. The number of halogens is 1. The van der Waals surface area contributed by atoms with E-state index in [2.05, 4.69) is 10.3 Å². The average molecular weight is 424 g/mol. The molecule has 0 spiro atoms. The van der Waals surface area contributed by atoms with Crippen LogP contribution in [0.5, 0.6) is 0 Å². The molecule has 0 unspecified atom stereocenters. The summed E-state index contributed by atoms with van der Waals surface area (Å²) in [5.41, 5.74) is 2.20. The number of benzene rings is 1. The molecule has 1 fully saturated rings. The van der Waals surface area contributed by atoms with E-state index in [0.717, 1.165) is 11.3 Å². The van der Waals surface area contributed by atoms with E-state index in [9.17, 15) is 9.59 Å². The van der Waals surface area contributed by atoms with Crippen molar-refractivity contribution >= 4 is 40.8 Å². The highest BCUT2D eigenvalue weighted by molar-refractivity contribution is 6.31. The quantitative estimate of drug-likeness (QED) is 0.641. The average Bonchev–Trinajstić information content (AvgIpc) is 3.08. The van der Waals surface area contributed by atoms with Gasteiger partial charge in [0, 0.05) is 44.1 Å². The predicted octanol–water partition coefficient (Wildman–Crippen LogP) is 2.78. The molecule has 3 aromatic rings. The molecule has 0 atom stereocenters. The minimum atomic E-state index is -0.0784. The second-order valence-corrected chi connectivity index (χ2v) is 7.42. The number of piperazine rings is 1. The van der Waals surface area contributed by atoms with E-state index in [1.807, 2.05) is 64.0 Å². The molecule has 1 N–H and O–H groups in total. The van der Waals surface area contributed by atoms with Gasteiger partial charge in [0.15, 0.2) is 5.15 Å². The number of imidazole rings is 1. The summed E-state index contributed by atoms with van der Waals surface area (Å²) in [4.78, 5) is 32.9. The molecule has 0 aliphatic carbocycles. The zero-order valence-electron chi connectivity index (χ0n) is 16.4. The van der Waals surface area contributed by atoms with E-state index in [4.69, 9.17) is 11.6 Å². The summed E-state index contributed by atoms with van der Waals surface area (Å²) in [6.45, 7) is 2.76. The van der Waals surface area contributed by atoms with E-state index in [0.29, 0.717) is 43.6 Å². The Hall–Kier alpha value is -3.16. The molecular weight excluding hydrogens is 402 g/mol. The molecule has 3 heterocycles. The fraction of sp³-hybridized carbons (Fsp3) is 0.227. The summed E-state index contributed by atoms with van der Waals surface area (Å²) in [5.74, 6) is -0.131. The molecule has 1 saturated heterocycles. The highest BCUT2D eigenvalue weighted by Crippen LogP contribution is 2.19. The standard InChI is InChI=1S/C22H22ClN5O2/c23-22-18(28-11-5-4-8-19(28)25-22)9-10-21(30)27-14-12-26(13-15-27)16-20(29)24-17-6-2-1-3-7-17/h1-11H,12-16H2,(H,24,29)/b10-9+. The molecule has 0 saturated carbocycles. The lowest BCUT2D eigenvalue weighted by molar-refractivity contribution is -0.127. The Morgan fingerprint density at radius 1 is 1.03 bits per heavy atom. The van der Waals surface area contributed by atoms with Crippen LogP contribution in [0.4, 0.5) is 5.69 Å². The number of nitrogens with one attached hydrogen (secondary N) is 1. The van der Waals surface area contributed by atoms with Gasteiger partial charge in [0.1, 0.15) is 5.65 Å². The smallest absolute Gasteiger partial charge is 0.246 e. The Morgan fingerprint density at radius 3 is 2.53 bits per heavy atom. The third-order valence-corrected chi connectivity index (χ3v) is 5.29. The number of nitrogens with zero attached hydrogens (tertiary/aromatic N) is 4. The zero-order chi connectivity index (χ0) is 20.9. The first-order valence-electron chi connectivity index (χ1n) is 9.77. The molecule has 0 bridgehead atoms. The summed E-state index contributed by atoms with van der Waals surface area (Å²) in [6.07, 6.45) is 5.09. The van der Waals surface area contributed by atoms with Gasteiger partial charge in [-0.1, -0.05) is 35.9 Å². The second-order valence-electron chi connectivity index (χ2n) is 7.07. The predicted molar refractivity (Wildman–Crippen MR) is 117 cm³/mol. The number of rotatable bonds is 5. The van der Waals surface area contributed by atoms with Crippen molar-refractivity contribution < 1.29 is 9.59 Å². The first kappa shape index (κ1) is 20.1.